The quantitative estimate of drug-likeness (QED) is 0.588. The Morgan fingerprint density at radius 2 is 1.68 bits per heavy atom. The summed E-state index contributed by atoms with van der Waals surface area (Å²) in [6, 6.07) is 11.6. The minimum atomic E-state index is -0.330. The van der Waals surface area contributed by atoms with Gasteiger partial charge in [0.15, 0.2) is 5.13 Å². The van der Waals surface area contributed by atoms with Crippen molar-refractivity contribution in [3.05, 3.63) is 53.8 Å². The fraction of sp³-hybridized carbons (Fsp3) is 0.273. The van der Waals surface area contributed by atoms with Crippen LogP contribution in [0.25, 0.3) is 10.2 Å². The molecule has 31 heavy (non-hydrogen) atoms. The lowest BCUT2D eigenvalue weighted by molar-refractivity contribution is -0.121. The third-order valence-electron chi connectivity index (χ3n) is 5.60. The van der Waals surface area contributed by atoms with Gasteiger partial charge in [0, 0.05) is 44.6 Å². The Hall–Kier alpha value is -3.33. The second kappa shape index (κ2) is 7.73. The standard InChI is InChI=1S/C22H19FN4O3S/c23-16-5-2-6-17-20(16)24-22(31-17)26-11-9-25(10-12-26)21(30)14-3-1-4-15(13-14)27-18(28)7-8-19(27)29/h1-6,13H,7-12H2. The largest absolute Gasteiger partial charge is 0.345 e. The number of imide groups is 1. The fourth-order valence-electron chi connectivity index (χ4n) is 3.96. The van der Waals surface area contributed by atoms with Crippen LogP contribution in [-0.2, 0) is 9.59 Å². The summed E-state index contributed by atoms with van der Waals surface area (Å²) in [6.07, 6.45) is 0.406. The zero-order valence-electron chi connectivity index (χ0n) is 16.6. The third-order valence-corrected chi connectivity index (χ3v) is 6.68. The second-order valence-corrected chi connectivity index (χ2v) is 8.54. The number of hydrogen-bond acceptors (Lipinski definition) is 6. The number of para-hydroxylation sites is 1. The molecule has 2 aliphatic heterocycles. The van der Waals surface area contributed by atoms with Crippen molar-refractivity contribution in [3.8, 4) is 0 Å². The zero-order chi connectivity index (χ0) is 21.5. The lowest BCUT2D eigenvalue weighted by atomic mass is 10.1. The summed E-state index contributed by atoms with van der Waals surface area (Å²) in [5.74, 6) is -0.953. The van der Waals surface area contributed by atoms with E-state index in [0.29, 0.717) is 42.9 Å². The molecule has 2 fully saturated rings. The third kappa shape index (κ3) is 3.54. The molecule has 2 aromatic carbocycles. The molecule has 0 N–H and O–H groups in total. The van der Waals surface area contributed by atoms with Gasteiger partial charge >= 0.3 is 0 Å². The van der Waals surface area contributed by atoms with Crippen LogP contribution < -0.4 is 9.80 Å². The number of anilines is 2. The van der Waals surface area contributed by atoms with Crippen LogP contribution in [0.15, 0.2) is 42.5 Å². The highest BCUT2D eigenvalue weighted by Crippen LogP contribution is 2.31. The van der Waals surface area contributed by atoms with Crippen LogP contribution in [0.1, 0.15) is 23.2 Å². The minimum absolute atomic E-state index is 0.143. The van der Waals surface area contributed by atoms with Crippen LogP contribution in [0, 0.1) is 5.82 Å². The molecule has 9 heteroatoms. The van der Waals surface area contributed by atoms with E-state index in [1.54, 1.807) is 35.2 Å². The van der Waals surface area contributed by atoms with Gasteiger partial charge in [-0.25, -0.2) is 9.37 Å². The normalized spacial score (nSPS) is 17.1. The van der Waals surface area contributed by atoms with Gasteiger partial charge < -0.3 is 9.80 Å². The van der Waals surface area contributed by atoms with Gasteiger partial charge in [-0.2, -0.15) is 0 Å². The van der Waals surface area contributed by atoms with Crippen molar-refractivity contribution in [2.24, 2.45) is 0 Å². The molecule has 2 saturated heterocycles. The highest BCUT2D eigenvalue weighted by molar-refractivity contribution is 7.22. The molecule has 0 radical (unpaired) electrons. The molecule has 158 valence electrons. The molecule has 0 aliphatic carbocycles. The predicted molar refractivity (Wildman–Crippen MR) is 116 cm³/mol. The number of benzene rings is 2. The molecule has 1 aromatic heterocycles. The maximum absolute atomic E-state index is 13.9. The molecular weight excluding hydrogens is 419 g/mol. The lowest BCUT2D eigenvalue weighted by Gasteiger charge is -2.34. The van der Waals surface area contributed by atoms with Gasteiger partial charge in [0.05, 0.1) is 10.4 Å². The van der Waals surface area contributed by atoms with Crippen LogP contribution in [-0.4, -0.2) is 53.8 Å². The number of piperazine rings is 1. The van der Waals surface area contributed by atoms with Crippen molar-refractivity contribution < 1.29 is 18.8 Å². The highest BCUT2D eigenvalue weighted by Gasteiger charge is 2.31. The van der Waals surface area contributed by atoms with Gasteiger partial charge in [0.25, 0.3) is 5.91 Å². The SMILES string of the molecule is O=C(c1cccc(N2C(=O)CCC2=O)c1)N1CCN(c2nc3c(F)cccc3s2)CC1. The summed E-state index contributed by atoms with van der Waals surface area (Å²) in [4.78, 5) is 46.4. The van der Waals surface area contributed by atoms with Crippen molar-refractivity contribution in [1.29, 1.82) is 0 Å². The molecule has 0 atom stereocenters. The molecule has 3 amide bonds. The summed E-state index contributed by atoms with van der Waals surface area (Å²) in [5.41, 5.74) is 1.26. The first-order chi connectivity index (χ1) is 15.0. The van der Waals surface area contributed by atoms with E-state index < -0.39 is 0 Å². The number of carbonyl (C=O) groups excluding carboxylic acids is 3. The van der Waals surface area contributed by atoms with Gasteiger partial charge in [-0.05, 0) is 30.3 Å². The Morgan fingerprint density at radius 1 is 0.968 bits per heavy atom. The Kier molecular flexibility index (Phi) is 4.90. The molecular formula is C22H19FN4O3S. The molecule has 2 aliphatic rings. The first kappa shape index (κ1) is 19.6. The number of amides is 3. The van der Waals surface area contributed by atoms with Crippen LogP contribution >= 0.6 is 11.3 Å². The Balaban J connectivity index is 1.29. The van der Waals surface area contributed by atoms with Crippen molar-refractivity contribution in [2.45, 2.75) is 12.8 Å². The number of halogens is 1. The molecule has 3 heterocycles. The van der Waals surface area contributed by atoms with Crippen LogP contribution in [0.4, 0.5) is 15.2 Å². The van der Waals surface area contributed by atoms with E-state index in [0.717, 1.165) is 14.7 Å². The molecule has 0 saturated carbocycles. The predicted octanol–water partition coefficient (Wildman–Crippen LogP) is 3.05. The average Bonchev–Trinajstić information content (AvgIpc) is 3.37. The van der Waals surface area contributed by atoms with E-state index in [4.69, 9.17) is 0 Å². The van der Waals surface area contributed by atoms with Crippen molar-refractivity contribution in [3.63, 3.8) is 0 Å². The molecule has 7 nitrogen and oxygen atoms in total. The monoisotopic (exact) mass is 438 g/mol. The lowest BCUT2D eigenvalue weighted by Crippen LogP contribution is -2.48. The number of rotatable bonds is 3. The first-order valence-electron chi connectivity index (χ1n) is 10.1. The minimum Gasteiger partial charge on any atom is -0.345 e. The summed E-state index contributed by atoms with van der Waals surface area (Å²) in [7, 11) is 0. The van der Waals surface area contributed by atoms with E-state index in [2.05, 4.69) is 9.88 Å². The van der Waals surface area contributed by atoms with Crippen LogP contribution in [0.3, 0.4) is 0 Å². The van der Waals surface area contributed by atoms with Gasteiger partial charge in [0.2, 0.25) is 11.8 Å². The Bertz CT molecular complexity index is 1190. The van der Waals surface area contributed by atoms with Gasteiger partial charge in [-0.15, -0.1) is 0 Å². The van der Waals surface area contributed by atoms with E-state index >= 15 is 0 Å². The number of aromatic nitrogens is 1. The second-order valence-electron chi connectivity index (χ2n) is 7.54. The summed E-state index contributed by atoms with van der Waals surface area (Å²) in [5, 5.41) is 0.750. The summed E-state index contributed by atoms with van der Waals surface area (Å²) in [6.45, 7) is 2.19. The number of fused-ring (bicyclic) bond motifs is 1. The van der Waals surface area contributed by atoms with Crippen molar-refractivity contribution in [1.82, 2.24) is 9.88 Å². The molecule has 0 bridgehead atoms. The molecule has 3 aromatic rings. The van der Waals surface area contributed by atoms with E-state index in [1.807, 2.05) is 6.07 Å². The summed E-state index contributed by atoms with van der Waals surface area (Å²) < 4.78 is 14.7. The Morgan fingerprint density at radius 3 is 2.39 bits per heavy atom. The average molecular weight is 438 g/mol. The number of hydrogen-bond donors (Lipinski definition) is 0. The van der Waals surface area contributed by atoms with E-state index in [-0.39, 0.29) is 36.4 Å². The fourth-order valence-corrected chi connectivity index (χ4v) is 5.00. The molecule has 0 unspecified atom stereocenters. The van der Waals surface area contributed by atoms with Gasteiger partial charge in [-0.3, -0.25) is 19.3 Å². The van der Waals surface area contributed by atoms with E-state index in [9.17, 15) is 18.8 Å². The van der Waals surface area contributed by atoms with Gasteiger partial charge in [-0.1, -0.05) is 23.5 Å². The summed E-state index contributed by atoms with van der Waals surface area (Å²) >= 11 is 1.44. The number of carbonyl (C=O) groups is 3. The van der Waals surface area contributed by atoms with Crippen molar-refractivity contribution >= 4 is 50.1 Å². The van der Waals surface area contributed by atoms with E-state index in [1.165, 1.54) is 17.4 Å². The van der Waals surface area contributed by atoms with Crippen molar-refractivity contribution in [2.75, 3.05) is 36.0 Å². The molecule has 0 spiro atoms. The van der Waals surface area contributed by atoms with Crippen LogP contribution in [0.5, 0.6) is 0 Å². The maximum Gasteiger partial charge on any atom is 0.254 e. The van der Waals surface area contributed by atoms with Crippen LogP contribution in [0.2, 0.25) is 0 Å². The number of nitrogens with zero attached hydrogens (tertiary/aromatic N) is 4. The molecule has 5 rings (SSSR count). The maximum atomic E-state index is 13.9. The topological polar surface area (TPSA) is 73.8 Å². The smallest absolute Gasteiger partial charge is 0.254 e. The highest BCUT2D eigenvalue weighted by atomic mass is 32.1. The Labute approximate surface area is 181 Å². The van der Waals surface area contributed by atoms with Gasteiger partial charge in [0.1, 0.15) is 11.3 Å². The number of thiazole rings is 1. The first-order valence-corrected chi connectivity index (χ1v) is 10.9. The zero-order valence-corrected chi connectivity index (χ0v) is 17.4.